The van der Waals surface area contributed by atoms with Crippen LogP contribution in [0.4, 0.5) is 13.9 Å². The molecule has 5 nitrogen and oxygen atoms in total. The van der Waals surface area contributed by atoms with Gasteiger partial charge in [0.15, 0.2) is 9.34 Å². The van der Waals surface area contributed by atoms with Crippen molar-refractivity contribution in [3.63, 3.8) is 0 Å². The summed E-state index contributed by atoms with van der Waals surface area (Å²) in [4.78, 5) is 3.87. The van der Waals surface area contributed by atoms with E-state index in [1.807, 2.05) is 0 Å². The highest BCUT2D eigenvalue weighted by Crippen LogP contribution is 2.23. The Labute approximate surface area is 118 Å². The number of nitrogens with two attached hydrogens (primary N) is 1. The van der Waals surface area contributed by atoms with Gasteiger partial charge in [0.25, 0.3) is 6.43 Å². The number of halogens is 2. The molecule has 1 heterocycles. The van der Waals surface area contributed by atoms with Crippen molar-refractivity contribution in [1.29, 1.82) is 0 Å². The first-order chi connectivity index (χ1) is 9.36. The second-order valence-electron chi connectivity index (χ2n) is 3.93. The number of thiazole rings is 1. The number of hydrogen-bond donors (Lipinski definition) is 2. The molecule has 0 unspecified atom stereocenters. The van der Waals surface area contributed by atoms with Crippen molar-refractivity contribution in [2.45, 2.75) is 17.2 Å². The Bertz CT molecular complexity index is 684. The lowest BCUT2D eigenvalue weighted by Crippen LogP contribution is -2.09. The van der Waals surface area contributed by atoms with E-state index < -0.39 is 16.4 Å². The number of benzene rings is 1. The van der Waals surface area contributed by atoms with Gasteiger partial charge in [0, 0.05) is 12.1 Å². The van der Waals surface area contributed by atoms with E-state index in [0.717, 1.165) is 16.9 Å². The number of aromatic nitrogens is 1. The van der Waals surface area contributed by atoms with Crippen LogP contribution in [0.1, 0.15) is 17.6 Å². The Morgan fingerprint density at radius 3 is 2.45 bits per heavy atom. The van der Waals surface area contributed by atoms with Gasteiger partial charge in [-0.15, -0.1) is 0 Å². The highest BCUT2D eigenvalue weighted by Gasteiger charge is 2.12. The minimum absolute atomic E-state index is 0.0342. The third-order valence-corrected chi connectivity index (χ3v) is 4.80. The lowest BCUT2D eigenvalue weighted by molar-refractivity contribution is 0.151. The molecule has 0 aliphatic rings. The number of sulfonamides is 1. The van der Waals surface area contributed by atoms with Crippen LogP contribution >= 0.6 is 11.3 Å². The van der Waals surface area contributed by atoms with Crippen LogP contribution < -0.4 is 10.5 Å². The minimum Gasteiger partial charge on any atom is -0.357 e. The molecule has 1 aromatic heterocycles. The molecule has 0 saturated heterocycles. The van der Waals surface area contributed by atoms with Crippen LogP contribution in [-0.2, 0) is 16.6 Å². The Morgan fingerprint density at radius 2 is 1.95 bits per heavy atom. The summed E-state index contributed by atoms with van der Waals surface area (Å²) in [6, 6.07) is 5.84. The van der Waals surface area contributed by atoms with Crippen LogP contribution in [0.5, 0.6) is 0 Å². The second kappa shape index (κ2) is 5.81. The Morgan fingerprint density at radius 1 is 1.30 bits per heavy atom. The van der Waals surface area contributed by atoms with E-state index in [1.54, 1.807) is 12.1 Å². The molecule has 0 bridgehead atoms. The van der Waals surface area contributed by atoms with Crippen molar-refractivity contribution >= 4 is 26.5 Å². The van der Waals surface area contributed by atoms with Gasteiger partial charge in [0.05, 0.1) is 6.20 Å². The molecule has 20 heavy (non-hydrogen) atoms. The summed E-state index contributed by atoms with van der Waals surface area (Å²) in [7, 11) is -3.75. The predicted molar refractivity (Wildman–Crippen MR) is 72.2 cm³/mol. The van der Waals surface area contributed by atoms with Crippen molar-refractivity contribution < 1.29 is 17.2 Å². The summed E-state index contributed by atoms with van der Waals surface area (Å²) in [5.41, 5.74) is 0.737. The van der Waals surface area contributed by atoms with Crippen molar-refractivity contribution in [2.24, 2.45) is 5.14 Å². The molecule has 0 saturated carbocycles. The second-order valence-corrected chi connectivity index (χ2v) is 6.74. The fraction of sp³-hybridized carbons (Fsp3) is 0.182. The maximum atomic E-state index is 12.4. The lowest BCUT2D eigenvalue weighted by Gasteiger charge is -2.04. The summed E-state index contributed by atoms with van der Waals surface area (Å²) in [6.45, 7) is 0.348. The van der Waals surface area contributed by atoms with Gasteiger partial charge in [-0.25, -0.2) is 27.3 Å². The van der Waals surface area contributed by atoms with Crippen LogP contribution in [0.2, 0.25) is 0 Å². The molecule has 0 amide bonds. The average Bonchev–Trinajstić information content (AvgIpc) is 2.85. The van der Waals surface area contributed by atoms with Crippen LogP contribution in [0, 0.1) is 0 Å². The maximum Gasteiger partial charge on any atom is 0.263 e. The fourth-order valence-electron chi connectivity index (χ4n) is 1.43. The van der Waals surface area contributed by atoms with Crippen molar-refractivity contribution in [3.8, 4) is 0 Å². The third-order valence-electron chi connectivity index (χ3n) is 2.44. The van der Waals surface area contributed by atoms with Gasteiger partial charge in [0.2, 0.25) is 10.0 Å². The molecule has 1 aromatic carbocycles. The summed E-state index contributed by atoms with van der Waals surface area (Å²) < 4.78 is 46.9. The van der Waals surface area contributed by atoms with Crippen LogP contribution in [-0.4, -0.2) is 13.4 Å². The van der Waals surface area contributed by atoms with Crippen molar-refractivity contribution in [2.75, 3.05) is 5.32 Å². The number of nitrogens with zero attached hydrogens (tertiary/aromatic N) is 1. The van der Waals surface area contributed by atoms with Crippen LogP contribution in [0.15, 0.2) is 34.7 Å². The first kappa shape index (κ1) is 14.8. The Balaban J connectivity index is 2.00. The summed E-state index contributed by atoms with van der Waals surface area (Å²) in [5.74, 6) is 0. The van der Waals surface area contributed by atoms with E-state index in [9.17, 15) is 17.2 Å². The molecule has 0 aliphatic carbocycles. The average molecular weight is 319 g/mol. The molecular formula is C11H11F2N3O2S2. The molecule has 0 spiro atoms. The summed E-state index contributed by atoms with van der Waals surface area (Å²) >= 11 is 0.912. The largest absolute Gasteiger partial charge is 0.357 e. The van der Waals surface area contributed by atoms with Crippen LogP contribution in [0.25, 0.3) is 0 Å². The van der Waals surface area contributed by atoms with E-state index in [2.05, 4.69) is 10.3 Å². The quantitative estimate of drug-likeness (QED) is 0.886. The molecule has 0 atom stereocenters. The molecular weight excluding hydrogens is 308 g/mol. The van der Waals surface area contributed by atoms with Crippen LogP contribution in [0.3, 0.4) is 0 Å². The van der Waals surface area contributed by atoms with Gasteiger partial charge >= 0.3 is 0 Å². The molecule has 9 heteroatoms. The molecule has 2 rings (SSSR count). The van der Waals surface area contributed by atoms with Gasteiger partial charge in [-0.3, -0.25) is 0 Å². The Hall–Kier alpha value is -1.58. The predicted octanol–water partition coefficient (Wildman–Crippen LogP) is 2.34. The number of anilines is 1. The SMILES string of the molecule is NS(=O)(=O)c1cnc(NCc2ccc(C(F)F)cc2)s1. The third kappa shape index (κ3) is 3.71. The van der Waals surface area contributed by atoms with Gasteiger partial charge in [-0.1, -0.05) is 35.6 Å². The fourth-order valence-corrected chi connectivity index (χ4v) is 2.88. The first-order valence-electron chi connectivity index (χ1n) is 5.46. The summed E-state index contributed by atoms with van der Waals surface area (Å²) in [5, 5.41) is 8.26. The standard InChI is InChI=1S/C11H11F2N3O2S2/c12-10(13)8-3-1-7(2-4-8)5-15-11-16-6-9(19-11)20(14,17)18/h1-4,6,10H,5H2,(H,15,16)(H2,14,17,18). The summed E-state index contributed by atoms with van der Waals surface area (Å²) in [6.07, 6.45) is -1.32. The maximum absolute atomic E-state index is 12.4. The topological polar surface area (TPSA) is 85.1 Å². The smallest absolute Gasteiger partial charge is 0.263 e. The van der Waals surface area contributed by atoms with Crippen molar-refractivity contribution in [1.82, 2.24) is 4.98 Å². The Kier molecular flexibility index (Phi) is 4.31. The van der Waals surface area contributed by atoms with Gasteiger partial charge in [-0.2, -0.15) is 0 Å². The number of hydrogen-bond acceptors (Lipinski definition) is 5. The molecule has 0 aliphatic heterocycles. The number of alkyl halides is 2. The number of rotatable bonds is 5. The highest BCUT2D eigenvalue weighted by atomic mass is 32.2. The zero-order chi connectivity index (χ0) is 14.8. The van der Waals surface area contributed by atoms with E-state index in [1.165, 1.54) is 18.3 Å². The highest BCUT2D eigenvalue weighted by molar-refractivity contribution is 7.91. The van der Waals surface area contributed by atoms with E-state index in [-0.39, 0.29) is 9.77 Å². The van der Waals surface area contributed by atoms with E-state index in [4.69, 9.17) is 5.14 Å². The molecule has 3 N–H and O–H groups in total. The monoisotopic (exact) mass is 319 g/mol. The molecule has 2 aromatic rings. The molecule has 0 fully saturated rings. The van der Waals surface area contributed by atoms with Gasteiger partial charge in [0.1, 0.15) is 0 Å². The number of primary sulfonamides is 1. The van der Waals surface area contributed by atoms with E-state index >= 15 is 0 Å². The zero-order valence-electron chi connectivity index (χ0n) is 10.1. The zero-order valence-corrected chi connectivity index (χ0v) is 11.7. The minimum atomic E-state index is -3.75. The lowest BCUT2D eigenvalue weighted by atomic mass is 10.1. The van der Waals surface area contributed by atoms with Crippen molar-refractivity contribution in [3.05, 3.63) is 41.6 Å². The number of nitrogens with one attached hydrogen (secondary N) is 1. The van der Waals surface area contributed by atoms with Gasteiger partial charge in [-0.05, 0) is 5.56 Å². The normalized spacial score (nSPS) is 11.8. The van der Waals surface area contributed by atoms with E-state index in [0.29, 0.717) is 11.7 Å². The molecule has 108 valence electrons. The van der Waals surface area contributed by atoms with Gasteiger partial charge < -0.3 is 5.32 Å². The first-order valence-corrected chi connectivity index (χ1v) is 7.82. The molecule has 0 radical (unpaired) electrons.